The number of rotatable bonds is 4. The Labute approximate surface area is 151 Å². The normalized spacial score (nSPS) is 10.9. The smallest absolute Gasteiger partial charge is 0.257 e. The Morgan fingerprint density at radius 2 is 1.83 bits per heavy atom. The number of aromatic nitrogens is 1. The average Bonchev–Trinajstić information content (AvgIpc) is 2.86. The van der Waals surface area contributed by atoms with E-state index in [1.807, 2.05) is 0 Å². The number of fused-ring (bicyclic) bond motifs is 1. The van der Waals surface area contributed by atoms with Crippen molar-refractivity contribution in [3.05, 3.63) is 51.5 Å². The van der Waals surface area contributed by atoms with Crippen LogP contribution in [-0.2, 0) is 4.79 Å². The van der Waals surface area contributed by atoms with Crippen molar-refractivity contribution in [1.29, 1.82) is 0 Å². The fourth-order valence-electron chi connectivity index (χ4n) is 1.89. The molecule has 0 fully saturated rings. The highest BCUT2D eigenvalue weighted by Crippen LogP contribution is 2.26. The Bertz CT molecular complexity index is 862. The summed E-state index contributed by atoms with van der Waals surface area (Å²) in [6, 6.07) is 10.0. The molecule has 3 rings (SSSR count). The number of hydrogen-bond acceptors (Lipinski definition) is 4. The summed E-state index contributed by atoms with van der Waals surface area (Å²) in [6.45, 7) is 0. The van der Waals surface area contributed by atoms with E-state index in [-0.39, 0.29) is 11.7 Å². The molecule has 8 heteroatoms. The molecular formula is C15H9Cl3N2O2S. The molecule has 4 nitrogen and oxygen atoms in total. The van der Waals surface area contributed by atoms with Crippen LogP contribution in [0.15, 0.2) is 46.0 Å². The summed E-state index contributed by atoms with van der Waals surface area (Å²) >= 11 is 18.9. The highest BCUT2D eigenvalue weighted by atomic mass is 35.5. The number of hydrogen-bond donors (Lipinski definition) is 1. The molecule has 1 amide bonds. The van der Waals surface area contributed by atoms with E-state index in [1.165, 1.54) is 11.8 Å². The van der Waals surface area contributed by atoms with Crippen LogP contribution in [0.25, 0.3) is 11.1 Å². The van der Waals surface area contributed by atoms with Crippen LogP contribution in [0.3, 0.4) is 0 Å². The number of anilines is 1. The van der Waals surface area contributed by atoms with Crippen LogP contribution in [0, 0.1) is 0 Å². The van der Waals surface area contributed by atoms with E-state index >= 15 is 0 Å². The van der Waals surface area contributed by atoms with Crippen molar-refractivity contribution in [2.45, 2.75) is 5.22 Å². The number of carbonyl (C=O) groups is 1. The number of oxazole rings is 1. The van der Waals surface area contributed by atoms with Gasteiger partial charge in [-0.05, 0) is 36.4 Å². The van der Waals surface area contributed by atoms with Crippen molar-refractivity contribution >= 4 is 69.3 Å². The van der Waals surface area contributed by atoms with Crippen LogP contribution in [0.5, 0.6) is 0 Å². The number of carbonyl (C=O) groups excluding carboxylic acids is 1. The van der Waals surface area contributed by atoms with Crippen molar-refractivity contribution < 1.29 is 9.21 Å². The van der Waals surface area contributed by atoms with Crippen LogP contribution < -0.4 is 5.32 Å². The molecule has 1 N–H and O–H groups in total. The minimum atomic E-state index is -0.214. The lowest BCUT2D eigenvalue weighted by Gasteiger charge is -2.05. The summed E-state index contributed by atoms with van der Waals surface area (Å²) < 4.78 is 5.53. The highest BCUT2D eigenvalue weighted by Gasteiger charge is 2.10. The van der Waals surface area contributed by atoms with Crippen LogP contribution in [-0.4, -0.2) is 16.6 Å². The first kappa shape index (κ1) is 16.5. The number of nitrogens with zero attached hydrogens (tertiary/aromatic N) is 1. The average molecular weight is 388 g/mol. The molecule has 0 atom stereocenters. The summed E-state index contributed by atoms with van der Waals surface area (Å²) in [7, 11) is 0. The predicted octanol–water partition coefficient (Wildman–Crippen LogP) is 5.52. The zero-order valence-corrected chi connectivity index (χ0v) is 14.6. The molecule has 0 spiro atoms. The zero-order valence-electron chi connectivity index (χ0n) is 11.5. The molecule has 118 valence electrons. The van der Waals surface area contributed by atoms with E-state index in [2.05, 4.69) is 10.3 Å². The fraction of sp³-hybridized carbons (Fsp3) is 0.0667. The van der Waals surface area contributed by atoms with Gasteiger partial charge in [-0.1, -0.05) is 46.6 Å². The molecule has 0 aliphatic heterocycles. The van der Waals surface area contributed by atoms with E-state index < -0.39 is 0 Å². The Hall–Kier alpha value is -1.40. The largest absolute Gasteiger partial charge is 0.431 e. The predicted molar refractivity (Wildman–Crippen MR) is 94.8 cm³/mol. The van der Waals surface area contributed by atoms with E-state index in [0.29, 0.717) is 37.1 Å². The van der Waals surface area contributed by atoms with Crippen molar-refractivity contribution in [2.75, 3.05) is 11.1 Å². The van der Waals surface area contributed by atoms with Gasteiger partial charge in [0.2, 0.25) is 5.91 Å². The maximum absolute atomic E-state index is 12.0. The van der Waals surface area contributed by atoms with Gasteiger partial charge in [0.15, 0.2) is 5.58 Å². The SMILES string of the molecule is O=C(CSc1nc2cc(Cl)ccc2o1)Nc1cc(Cl)cc(Cl)c1. The van der Waals surface area contributed by atoms with Gasteiger partial charge in [0.05, 0.1) is 5.75 Å². The zero-order chi connectivity index (χ0) is 16.4. The molecule has 1 aromatic heterocycles. The summed E-state index contributed by atoms with van der Waals surface area (Å²) in [4.78, 5) is 16.2. The molecule has 0 aliphatic rings. The Kier molecular flexibility index (Phi) is 5.02. The first-order valence-electron chi connectivity index (χ1n) is 6.44. The van der Waals surface area contributed by atoms with Crippen LogP contribution in [0.1, 0.15) is 0 Å². The van der Waals surface area contributed by atoms with Gasteiger partial charge in [-0.2, -0.15) is 0 Å². The summed E-state index contributed by atoms with van der Waals surface area (Å²) in [5, 5.41) is 4.61. The topological polar surface area (TPSA) is 55.1 Å². The molecule has 0 aliphatic carbocycles. The minimum Gasteiger partial charge on any atom is -0.431 e. The first-order chi connectivity index (χ1) is 11.0. The van der Waals surface area contributed by atoms with Gasteiger partial charge in [-0.3, -0.25) is 4.79 Å². The Morgan fingerprint density at radius 1 is 1.09 bits per heavy atom. The van der Waals surface area contributed by atoms with Gasteiger partial charge >= 0.3 is 0 Å². The summed E-state index contributed by atoms with van der Waals surface area (Å²) in [5.41, 5.74) is 1.82. The maximum Gasteiger partial charge on any atom is 0.257 e. The van der Waals surface area contributed by atoms with Gasteiger partial charge in [0, 0.05) is 20.8 Å². The first-order valence-corrected chi connectivity index (χ1v) is 8.56. The third-order valence-corrected chi connectivity index (χ3v) is 4.30. The van der Waals surface area contributed by atoms with Gasteiger partial charge < -0.3 is 9.73 Å². The molecule has 0 radical (unpaired) electrons. The van der Waals surface area contributed by atoms with E-state index in [0.717, 1.165) is 0 Å². The maximum atomic E-state index is 12.0. The lowest BCUT2D eigenvalue weighted by molar-refractivity contribution is -0.113. The lowest BCUT2D eigenvalue weighted by Crippen LogP contribution is -2.13. The van der Waals surface area contributed by atoms with Gasteiger partial charge in [-0.25, -0.2) is 4.98 Å². The Balaban J connectivity index is 1.63. The monoisotopic (exact) mass is 386 g/mol. The molecule has 23 heavy (non-hydrogen) atoms. The molecule has 0 saturated heterocycles. The molecule has 0 saturated carbocycles. The van der Waals surface area contributed by atoms with Gasteiger partial charge in [-0.15, -0.1) is 0 Å². The molecular weight excluding hydrogens is 379 g/mol. The molecule has 0 unspecified atom stereocenters. The van der Waals surface area contributed by atoms with Gasteiger partial charge in [0.1, 0.15) is 5.52 Å². The molecule has 2 aromatic carbocycles. The molecule has 0 bridgehead atoms. The third-order valence-electron chi connectivity index (χ3n) is 2.80. The third kappa shape index (κ3) is 4.32. The number of benzene rings is 2. The second-order valence-corrected chi connectivity index (χ2v) is 6.82. The molecule has 1 heterocycles. The highest BCUT2D eigenvalue weighted by molar-refractivity contribution is 7.99. The summed E-state index contributed by atoms with van der Waals surface area (Å²) in [6.07, 6.45) is 0. The lowest BCUT2D eigenvalue weighted by atomic mass is 10.3. The van der Waals surface area contributed by atoms with Crippen LogP contribution in [0.4, 0.5) is 5.69 Å². The Morgan fingerprint density at radius 3 is 2.57 bits per heavy atom. The number of thioether (sulfide) groups is 1. The van der Waals surface area contributed by atoms with Crippen molar-refractivity contribution in [3.8, 4) is 0 Å². The van der Waals surface area contributed by atoms with Crippen molar-refractivity contribution in [3.63, 3.8) is 0 Å². The van der Waals surface area contributed by atoms with E-state index in [4.69, 9.17) is 39.2 Å². The van der Waals surface area contributed by atoms with Crippen molar-refractivity contribution in [2.24, 2.45) is 0 Å². The second kappa shape index (κ2) is 7.01. The van der Waals surface area contributed by atoms with Gasteiger partial charge in [0.25, 0.3) is 5.22 Å². The number of amides is 1. The standard InChI is InChI=1S/C15H9Cl3N2O2S/c16-8-1-2-13-12(6-8)20-15(22-13)23-7-14(21)19-11-4-9(17)3-10(18)5-11/h1-6H,7H2,(H,19,21). The van der Waals surface area contributed by atoms with Crippen molar-refractivity contribution in [1.82, 2.24) is 4.98 Å². The number of nitrogens with one attached hydrogen (secondary N) is 1. The van der Waals surface area contributed by atoms with E-state index in [9.17, 15) is 4.79 Å². The fourth-order valence-corrected chi connectivity index (χ4v) is 3.22. The molecule has 3 aromatic rings. The number of halogens is 3. The second-order valence-electron chi connectivity index (χ2n) is 4.59. The van der Waals surface area contributed by atoms with Crippen LogP contribution >= 0.6 is 46.6 Å². The summed E-state index contributed by atoms with van der Waals surface area (Å²) in [5.74, 6) is -0.0707. The van der Waals surface area contributed by atoms with Crippen LogP contribution in [0.2, 0.25) is 15.1 Å². The minimum absolute atomic E-state index is 0.144. The van der Waals surface area contributed by atoms with E-state index in [1.54, 1.807) is 36.4 Å². The quantitative estimate of drug-likeness (QED) is 0.599.